The van der Waals surface area contributed by atoms with Gasteiger partial charge in [-0.2, -0.15) is 5.26 Å². The standard InChI is InChI=1S/C17H19ClN2O4/c1-3-4-9-16(21)20(2)14(17(22)23-11-10-19)12-24-15-8-6-5-7-13(15)18/h3,5-8,14H,1,4,9,11-12H2,2H3. The van der Waals surface area contributed by atoms with Gasteiger partial charge in [-0.3, -0.25) is 4.79 Å². The zero-order valence-electron chi connectivity index (χ0n) is 13.4. The van der Waals surface area contributed by atoms with E-state index >= 15 is 0 Å². The summed E-state index contributed by atoms with van der Waals surface area (Å²) in [4.78, 5) is 25.5. The van der Waals surface area contributed by atoms with Crippen LogP contribution in [0.15, 0.2) is 36.9 Å². The van der Waals surface area contributed by atoms with E-state index in [1.165, 1.54) is 11.9 Å². The highest BCUT2D eigenvalue weighted by molar-refractivity contribution is 6.32. The van der Waals surface area contributed by atoms with E-state index in [-0.39, 0.29) is 18.9 Å². The Morgan fingerprint density at radius 3 is 2.79 bits per heavy atom. The number of nitriles is 1. The van der Waals surface area contributed by atoms with Gasteiger partial charge in [0.25, 0.3) is 0 Å². The fourth-order valence-corrected chi connectivity index (χ4v) is 2.03. The molecule has 1 unspecified atom stereocenters. The Bertz CT molecular complexity index is 627. The van der Waals surface area contributed by atoms with Crippen LogP contribution in [0.25, 0.3) is 0 Å². The molecule has 0 aliphatic rings. The molecule has 0 heterocycles. The Balaban J connectivity index is 2.82. The van der Waals surface area contributed by atoms with Gasteiger partial charge in [0.1, 0.15) is 18.4 Å². The van der Waals surface area contributed by atoms with Crippen LogP contribution in [0, 0.1) is 11.3 Å². The summed E-state index contributed by atoms with van der Waals surface area (Å²) in [6, 6.07) is 7.53. The van der Waals surface area contributed by atoms with Crippen molar-refractivity contribution in [2.24, 2.45) is 0 Å². The van der Waals surface area contributed by atoms with E-state index in [4.69, 9.17) is 26.3 Å². The predicted octanol–water partition coefficient (Wildman–Crippen LogP) is 2.58. The quantitative estimate of drug-likeness (QED) is 0.505. The van der Waals surface area contributed by atoms with Crippen LogP contribution in [0.4, 0.5) is 0 Å². The van der Waals surface area contributed by atoms with Crippen molar-refractivity contribution in [1.82, 2.24) is 4.90 Å². The molecule has 128 valence electrons. The number of hydrogen-bond acceptors (Lipinski definition) is 5. The SMILES string of the molecule is C=CCCC(=O)N(C)C(COc1ccccc1Cl)C(=O)OCC#N. The highest BCUT2D eigenvalue weighted by Crippen LogP contribution is 2.23. The molecule has 0 saturated carbocycles. The largest absolute Gasteiger partial charge is 0.489 e. The minimum Gasteiger partial charge on any atom is -0.489 e. The number of rotatable bonds is 9. The molecule has 0 bridgehead atoms. The summed E-state index contributed by atoms with van der Waals surface area (Å²) in [5.41, 5.74) is 0. The molecule has 6 nitrogen and oxygen atoms in total. The van der Waals surface area contributed by atoms with Gasteiger partial charge < -0.3 is 14.4 Å². The fraction of sp³-hybridized carbons (Fsp3) is 0.353. The zero-order valence-corrected chi connectivity index (χ0v) is 14.2. The second-order valence-electron chi connectivity index (χ2n) is 4.86. The summed E-state index contributed by atoms with van der Waals surface area (Å²) in [6.07, 6.45) is 2.33. The molecule has 7 heteroatoms. The molecule has 1 rings (SSSR count). The molecular weight excluding hydrogens is 332 g/mol. The van der Waals surface area contributed by atoms with E-state index in [1.54, 1.807) is 36.4 Å². The molecule has 1 aromatic rings. The molecule has 0 saturated heterocycles. The van der Waals surface area contributed by atoms with E-state index in [0.29, 0.717) is 17.2 Å². The Morgan fingerprint density at radius 2 is 2.17 bits per heavy atom. The van der Waals surface area contributed by atoms with E-state index in [0.717, 1.165) is 0 Å². The van der Waals surface area contributed by atoms with Crippen molar-refractivity contribution in [2.45, 2.75) is 18.9 Å². The second-order valence-corrected chi connectivity index (χ2v) is 5.26. The van der Waals surface area contributed by atoms with Crippen molar-refractivity contribution in [1.29, 1.82) is 5.26 Å². The first kappa shape index (κ1) is 19.5. The fourth-order valence-electron chi connectivity index (χ4n) is 1.84. The van der Waals surface area contributed by atoms with Crippen molar-refractivity contribution in [2.75, 3.05) is 20.3 Å². The highest BCUT2D eigenvalue weighted by atomic mass is 35.5. The molecule has 24 heavy (non-hydrogen) atoms. The van der Waals surface area contributed by atoms with Crippen molar-refractivity contribution in [3.63, 3.8) is 0 Å². The first-order valence-corrected chi connectivity index (χ1v) is 7.66. The van der Waals surface area contributed by atoms with Crippen molar-refractivity contribution < 1.29 is 19.1 Å². The Morgan fingerprint density at radius 1 is 1.46 bits per heavy atom. The number of para-hydroxylation sites is 1. The van der Waals surface area contributed by atoms with Crippen LogP contribution in [-0.2, 0) is 14.3 Å². The number of amides is 1. The molecule has 0 aliphatic heterocycles. The maximum atomic E-state index is 12.1. The van der Waals surface area contributed by atoms with Gasteiger partial charge >= 0.3 is 5.97 Å². The first-order chi connectivity index (χ1) is 11.5. The molecule has 1 amide bonds. The lowest BCUT2D eigenvalue weighted by atomic mass is 10.2. The number of nitrogens with zero attached hydrogens (tertiary/aromatic N) is 2. The van der Waals surface area contributed by atoms with Gasteiger partial charge in [-0.05, 0) is 18.6 Å². The summed E-state index contributed by atoms with van der Waals surface area (Å²) < 4.78 is 10.4. The zero-order chi connectivity index (χ0) is 17.9. The molecular formula is C17H19ClN2O4. The van der Waals surface area contributed by atoms with Crippen molar-refractivity contribution in [3.8, 4) is 11.8 Å². The van der Waals surface area contributed by atoms with Crippen LogP contribution in [0.2, 0.25) is 5.02 Å². The third-order valence-electron chi connectivity index (χ3n) is 3.21. The molecule has 1 aromatic carbocycles. The highest BCUT2D eigenvalue weighted by Gasteiger charge is 2.29. The summed E-state index contributed by atoms with van der Waals surface area (Å²) in [5.74, 6) is -0.571. The number of ether oxygens (including phenoxy) is 2. The third-order valence-corrected chi connectivity index (χ3v) is 3.52. The van der Waals surface area contributed by atoms with Crippen LogP contribution >= 0.6 is 11.6 Å². The number of carbonyl (C=O) groups is 2. The lowest BCUT2D eigenvalue weighted by molar-refractivity contribution is -0.154. The third kappa shape index (κ3) is 5.94. The van der Waals surface area contributed by atoms with Gasteiger partial charge in [0.05, 0.1) is 5.02 Å². The van der Waals surface area contributed by atoms with Gasteiger partial charge in [0, 0.05) is 13.5 Å². The van der Waals surface area contributed by atoms with Crippen molar-refractivity contribution >= 4 is 23.5 Å². The number of allylic oxidation sites excluding steroid dienone is 1. The smallest absolute Gasteiger partial charge is 0.333 e. The maximum Gasteiger partial charge on any atom is 0.333 e. The molecule has 0 radical (unpaired) electrons. The summed E-state index contributed by atoms with van der Waals surface area (Å²) in [7, 11) is 1.49. The van der Waals surface area contributed by atoms with Gasteiger partial charge in [-0.1, -0.05) is 29.8 Å². The van der Waals surface area contributed by atoms with Crippen LogP contribution in [-0.4, -0.2) is 43.1 Å². The van der Waals surface area contributed by atoms with Gasteiger partial charge in [0.2, 0.25) is 5.91 Å². The van der Waals surface area contributed by atoms with Crippen molar-refractivity contribution in [3.05, 3.63) is 41.9 Å². The number of likely N-dealkylation sites (N-methyl/N-ethyl adjacent to an activating group) is 1. The lowest BCUT2D eigenvalue weighted by Gasteiger charge is -2.26. The Labute approximate surface area is 146 Å². The van der Waals surface area contributed by atoms with E-state index in [9.17, 15) is 9.59 Å². The number of carbonyl (C=O) groups excluding carboxylic acids is 2. The molecule has 1 atom stereocenters. The second kappa shape index (κ2) is 10.3. The predicted molar refractivity (Wildman–Crippen MR) is 89.5 cm³/mol. The van der Waals surface area contributed by atoms with E-state index in [2.05, 4.69) is 6.58 Å². The Kier molecular flexibility index (Phi) is 8.37. The minimum absolute atomic E-state index is 0.135. The van der Waals surface area contributed by atoms with Gasteiger partial charge in [-0.25, -0.2) is 4.79 Å². The molecule has 0 fully saturated rings. The maximum absolute atomic E-state index is 12.1. The monoisotopic (exact) mass is 350 g/mol. The molecule has 0 N–H and O–H groups in total. The van der Waals surface area contributed by atoms with Crippen LogP contribution in [0.5, 0.6) is 5.75 Å². The van der Waals surface area contributed by atoms with E-state index < -0.39 is 18.6 Å². The Hall–Kier alpha value is -2.52. The summed E-state index contributed by atoms with van der Waals surface area (Å²) in [6.45, 7) is 3.03. The summed E-state index contributed by atoms with van der Waals surface area (Å²) >= 11 is 6.01. The van der Waals surface area contributed by atoms with Crippen LogP contribution < -0.4 is 4.74 Å². The van der Waals surface area contributed by atoms with E-state index in [1.807, 2.05) is 0 Å². The normalized spacial score (nSPS) is 11.0. The van der Waals surface area contributed by atoms with Crippen LogP contribution in [0.1, 0.15) is 12.8 Å². The number of esters is 1. The average molecular weight is 351 g/mol. The minimum atomic E-state index is -0.980. The average Bonchev–Trinajstić information content (AvgIpc) is 2.59. The van der Waals surface area contributed by atoms with Gasteiger partial charge in [-0.15, -0.1) is 6.58 Å². The number of benzene rings is 1. The van der Waals surface area contributed by atoms with Crippen LogP contribution in [0.3, 0.4) is 0 Å². The number of halogens is 1. The molecule has 0 aromatic heterocycles. The topological polar surface area (TPSA) is 79.6 Å². The molecule has 0 aliphatic carbocycles. The lowest BCUT2D eigenvalue weighted by Crippen LogP contribution is -2.47. The van der Waals surface area contributed by atoms with Gasteiger partial charge in [0.15, 0.2) is 12.6 Å². The number of hydrogen-bond donors (Lipinski definition) is 0. The summed E-state index contributed by atoms with van der Waals surface area (Å²) in [5, 5.41) is 8.93. The molecule has 0 spiro atoms. The first-order valence-electron chi connectivity index (χ1n) is 7.28.